The summed E-state index contributed by atoms with van der Waals surface area (Å²) < 4.78 is 5.00. The van der Waals surface area contributed by atoms with Crippen molar-refractivity contribution in [2.24, 2.45) is 0 Å². The lowest BCUT2D eigenvalue weighted by Gasteiger charge is -2.28. The quantitative estimate of drug-likeness (QED) is 0.330. The second-order valence-corrected chi connectivity index (χ2v) is 8.45. The van der Waals surface area contributed by atoms with Crippen molar-refractivity contribution in [3.05, 3.63) is 97.9 Å². The summed E-state index contributed by atoms with van der Waals surface area (Å²) in [5.74, 6) is -0.0156. The number of fused-ring (bicyclic) bond motifs is 1. The number of hydrogen-bond acceptors (Lipinski definition) is 6. The largest absolute Gasteiger partial charge is 0.466 e. The number of carbonyl (C=O) groups is 1. The number of ether oxygens (including phenoxy) is 1. The maximum Gasteiger partial charge on any atom is 0.336 e. The molecule has 2 N–H and O–H groups in total. The number of nitrogens with one attached hydrogen (secondary N) is 2. The minimum Gasteiger partial charge on any atom is -0.466 e. The highest BCUT2D eigenvalue weighted by Crippen LogP contribution is 2.40. The lowest BCUT2D eigenvalue weighted by Crippen LogP contribution is -2.30. The van der Waals surface area contributed by atoms with Gasteiger partial charge in [-0.05, 0) is 30.2 Å². The van der Waals surface area contributed by atoms with E-state index < -0.39 is 11.9 Å². The molecule has 4 rings (SSSR count). The minimum atomic E-state index is -0.620. The van der Waals surface area contributed by atoms with Gasteiger partial charge < -0.3 is 15.0 Å². The van der Waals surface area contributed by atoms with Crippen molar-refractivity contribution in [1.29, 1.82) is 0 Å². The number of anilines is 1. The molecule has 0 saturated heterocycles. The van der Waals surface area contributed by atoms with Crippen LogP contribution in [0.3, 0.4) is 0 Å². The minimum absolute atomic E-state index is 0.304. The second kappa shape index (κ2) is 8.99. The number of esters is 1. The fourth-order valence-corrected chi connectivity index (χ4v) is 4.54. The maximum atomic E-state index is 13.2. The van der Waals surface area contributed by atoms with E-state index in [1.54, 1.807) is 31.2 Å². The van der Waals surface area contributed by atoms with Gasteiger partial charge in [0, 0.05) is 16.5 Å². The number of hydrogen-bond donors (Lipinski definition) is 2. The highest BCUT2D eigenvalue weighted by molar-refractivity contribution is 7.98. The van der Waals surface area contributed by atoms with Crippen molar-refractivity contribution in [2.75, 3.05) is 12.4 Å². The number of halogens is 1. The number of aromatic amines is 1. The Hall–Kier alpha value is -3.03. The zero-order chi connectivity index (χ0) is 22.0. The molecule has 1 atom stereocenters. The maximum absolute atomic E-state index is 13.2. The molecule has 2 heterocycles. The highest BCUT2D eigenvalue weighted by atomic mass is 35.5. The summed E-state index contributed by atoms with van der Waals surface area (Å²) in [5.41, 5.74) is 2.91. The average Bonchev–Trinajstić information content (AvgIpc) is 2.77. The van der Waals surface area contributed by atoms with E-state index in [1.807, 2.05) is 30.3 Å². The van der Waals surface area contributed by atoms with Gasteiger partial charge >= 0.3 is 5.97 Å². The standard InChI is InChI=1S/C23H20ClN3O3S/c1-13-17(22(29)30-2)18(15-8-10-16(24)11-9-15)19-20(25-13)26-23(27-21(19)28)31-12-14-6-4-3-5-7-14/h3-11,18H,12H2,1-2H3,(H2,25,26,27,28). The van der Waals surface area contributed by atoms with Crippen molar-refractivity contribution in [2.45, 2.75) is 23.8 Å². The molecular formula is C23H20ClN3O3S. The molecule has 1 aliphatic rings. The molecule has 0 radical (unpaired) electrons. The van der Waals surface area contributed by atoms with Crippen LogP contribution in [-0.2, 0) is 15.3 Å². The van der Waals surface area contributed by atoms with E-state index in [1.165, 1.54) is 18.9 Å². The number of allylic oxidation sites excluding steroid dienone is 1. The van der Waals surface area contributed by atoms with E-state index in [2.05, 4.69) is 15.3 Å². The fourth-order valence-electron chi connectivity index (χ4n) is 3.59. The molecule has 0 saturated carbocycles. The predicted molar refractivity (Wildman–Crippen MR) is 122 cm³/mol. The van der Waals surface area contributed by atoms with Crippen LogP contribution in [0.15, 0.2) is 75.8 Å². The number of methoxy groups -OCH3 is 1. The smallest absolute Gasteiger partial charge is 0.336 e. The summed E-state index contributed by atoms with van der Waals surface area (Å²) in [5, 5.41) is 4.20. The molecule has 1 unspecified atom stereocenters. The number of nitrogens with zero attached hydrogens (tertiary/aromatic N) is 1. The molecule has 158 valence electrons. The van der Waals surface area contributed by atoms with Gasteiger partial charge in [0.25, 0.3) is 5.56 Å². The summed E-state index contributed by atoms with van der Waals surface area (Å²) in [6.45, 7) is 1.78. The monoisotopic (exact) mass is 453 g/mol. The van der Waals surface area contributed by atoms with Gasteiger partial charge in [0.1, 0.15) is 5.82 Å². The Morgan fingerprint density at radius 3 is 2.55 bits per heavy atom. The van der Waals surface area contributed by atoms with E-state index in [9.17, 15) is 9.59 Å². The lowest BCUT2D eigenvalue weighted by molar-refractivity contribution is -0.136. The van der Waals surface area contributed by atoms with Crippen molar-refractivity contribution >= 4 is 35.1 Å². The van der Waals surface area contributed by atoms with Crippen molar-refractivity contribution in [3.63, 3.8) is 0 Å². The molecule has 8 heteroatoms. The Morgan fingerprint density at radius 1 is 1.16 bits per heavy atom. The van der Waals surface area contributed by atoms with Crippen LogP contribution in [-0.4, -0.2) is 23.0 Å². The van der Waals surface area contributed by atoms with E-state index in [4.69, 9.17) is 16.3 Å². The van der Waals surface area contributed by atoms with Gasteiger partial charge in [0.2, 0.25) is 0 Å². The molecule has 2 aromatic carbocycles. The number of thioether (sulfide) groups is 1. The third-order valence-corrected chi connectivity index (χ3v) is 6.24. The first kappa shape index (κ1) is 21.2. The van der Waals surface area contributed by atoms with E-state index >= 15 is 0 Å². The summed E-state index contributed by atoms with van der Waals surface area (Å²) in [6, 6.07) is 17.0. The van der Waals surface area contributed by atoms with Crippen LogP contribution in [0.2, 0.25) is 5.02 Å². The van der Waals surface area contributed by atoms with Crippen molar-refractivity contribution in [1.82, 2.24) is 9.97 Å². The van der Waals surface area contributed by atoms with Gasteiger partial charge in [-0.3, -0.25) is 4.79 Å². The first-order valence-corrected chi connectivity index (χ1v) is 11.0. The number of rotatable bonds is 5. The molecule has 31 heavy (non-hydrogen) atoms. The first-order valence-electron chi connectivity index (χ1n) is 9.60. The summed E-state index contributed by atoms with van der Waals surface area (Å²) >= 11 is 7.48. The Kier molecular flexibility index (Phi) is 6.15. The van der Waals surface area contributed by atoms with Crippen LogP contribution in [0.4, 0.5) is 5.82 Å². The third kappa shape index (κ3) is 4.38. The number of H-pyrrole nitrogens is 1. The molecule has 0 fully saturated rings. The molecule has 0 bridgehead atoms. The van der Waals surface area contributed by atoms with E-state index in [0.29, 0.717) is 38.6 Å². The van der Waals surface area contributed by atoms with Crippen LogP contribution in [0.5, 0.6) is 0 Å². The lowest BCUT2D eigenvalue weighted by atomic mass is 9.82. The van der Waals surface area contributed by atoms with Crippen LogP contribution in [0.25, 0.3) is 0 Å². The zero-order valence-corrected chi connectivity index (χ0v) is 18.5. The van der Waals surface area contributed by atoms with Crippen molar-refractivity contribution < 1.29 is 9.53 Å². The van der Waals surface area contributed by atoms with Crippen LogP contribution < -0.4 is 10.9 Å². The second-order valence-electron chi connectivity index (χ2n) is 7.05. The van der Waals surface area contributed by atoms with Gasteiger partial charge in [0.05, 0.1) is 24.2 Å². The zero-order valence-electron chi connectivity index (χ0n) is 16.9. The topological polar surface area (TPSA) is 84.1 Å². The first-order chi connectivity index (χ1) is 15.0. The van der Waals surface area contributed by atoms with E-state index in [0.717, 1.165) is 11.1 Å². The Morgan fingerprint density at radius 2 is 1.87 bits per heavy atom. The summed E-state index contributed by atoms with van der Waals surface area (Å²) in [7, 11) is 1.32. The Labute approximate surface area is 188 Å². The Bertz CT molecular complexity index is 1210. The van der Waals surface area contributed by atoms with Crippen LogP contribution >= 0.6 is 23.4 Å². The normalized spacial score (nSPS) is 15.3. The number of aromatic nitrogens is 2. The molecular weight excluding hydrogens is 434 g/mol. The molecule has 1 aromatic heterocycles. The number of benzene rings is 2. The van der Waals surface area contributed by atoms with Crippen LogP contribution in [0.1, 0.15) is 29.5 Å². The molecule has 6 nitrogen and oxygen atoms in total. The molecule has 0 amide bonds. The fraction of sp³-hybridized carbons (Fsp3) is 0.174. The van der Waals surface area contributed by atoms with Gasteiger partial charge in [0.15, 0.2) is 5.16 Å². The Balaban J connectivity index is 1.77. The van der Waals surface area contributed by atoms with Crippen molar-refractivity contribution in [3.8, 4) is 0 Å². The van der Waals surface area contributed by atoms with Gasteiger partial charge in [-0.15, -0.1) is 0 Å². The van der Waals surface area contributed by atoms with E-state index in [-0.39, 0.29) is 5.56 Å². The average molecular weight is 454 g/mol. The molecule has 0 aliphatic carbocycles. The van der Waals surface area contributed by atoms with Crippen LogP contribution in [0, 0.1) is 0 Å². The SMILES string of the molecule is COC(=O)C1=C(C)Nc2nc(SCc3ccccc3)[nH]c(=O)c2C1c1ccc(Cl)cc1. The molecule has 3 aromatic rings. The van der Waals surface area contributed by atoms with Gasteiger partial charge in [-0.2, -0.15) is 0 Å². The van der Waals surface area contributed by atoms with Gasteiger partial charge in [-0.1, -0.05) is 65.8 Å². The summed E-state index contributed by atoms with van der Waals surface area (Å²) in [6.07, 6.45) is 0. The third-order valence-electron chi connectivity index (χ3n) is 5.05. The molecule has 1 aliphatic heterocycles. The summed E-state index contributed by atoms with van der Waals surface area (Å²) in [4.78, 5) is 33.3. The predicted octanol–water partition coefficient (Wildman–Crippen LogP) is 4.72. The molecule has 0 spiro atoms. The number of carbonyl (C=O) groups excluding carboxylic acids is 1. The van der Waals surface area contributed by atoms with Gasteiger partial charge in [-0.25, -0.2) is 9.78 Å². The highest BCUT2D eigenvalue weighted by Gasteiger charge is 2.36.